The second-order valence-corrected chi connectivity index (χ2v) is 8.64. The number of fused-ring (bicyclic) bond motifs is 1. The van der Waals surface area contributed by atoms with Crippen LogP contribution >= 0.6 is 11.6 Å². The maximum absolute atomic E-state index is 12.9. The van der Waals surface area contributed by atoms with Crippen molar-refractivity contribution in [3.63, 3.8) is 0 Å². The third-order valence-electron chi connectivity index (χ3n) is 6.06. The van der Waals surface area contributed by atoms with Crippen molar-refractivity contribution < 1.29 is 19.0 Å². The maximum atomic E-state index is 12.9. The third kappa shape index (κ3) is 4.49. The molecular formula is C25H27ClN4O4. The van der Waals surface area contributed by atoms with E-state index in [9.17, 15) is 4.79 Å². The summed E-state index contributed by atoms with van der Waals surface area (Å²) in [6, 6.07) is 7.62. The van der Waals surface area contributed by atoms with Crippen LogP contribution in [-0.4, -0.2) is 55.0 Å². The van der Waals surface area contributed by atoms with E-state index in [-0.39, 0.29) is 12.0 Å². The average molecular weight is 483 g/mol. The van der Waals surface area contributed by atoms with Gasteiger partial charge in [-0.15, -0.1) is 0 Å². The van der Waals surface area contributed by atoms with Crippen LogP contribution in [0.25, 0.3) is 11.3 Å². The molecule has 178 valence electrons. The second-order valence-electron chi connectivity index (χ2n) is 8.23. The molecule has 5 rings (SSSR count). The zero-order chi connectivity index (χ0) is 23.5. The van der Waals surface area contributed by atoms with Gasteiger partial charge in [-0.3, -0.25) is 9.78 Å². The van der Waals surface area contributed by atoms with E-state index in [0.29, 0.717) is 61.4 Å². The number of anilines is 2. The van der Waals surface area contributed by atoms with Crippen molar-refractivity contribution in [2.45, 2.75) is 25.9 Å². The van der Waals surface area contributed by atoms with Crippen LogP contribution in [0.4, 0.5) is 11.4 Å². The van der Waals surface area contributed by atoms with Gasteiger partial charge >= 0.3 is 0 Å². The van der Waals surface area contributed by atoms with Crippen LogP contribution in [-0.2, 0) is 22.3 Å². The number of carbonyl (C=O) groups excluding carboxylic acids is 1. The van der Waals surface area contributed by atoms with Gasteiger partial charge in [0.1, 0.15) is 18.5 Å². The van der Waals surface area contributed by atoms with Gasteiger partial charge in [0.05, 0.1) is 43.0 Å². The molecule has 34 heavy (non-hydrogen) atoms. The molecule has 1 atom stereocenters. The Morgan fingerprint density at radius 1 is 1.29 bits per heavy atom. The Morgan fingerprint density at radius 3 is 3.03 bits per heavy atom. The zero-order valence-electron chi connectivity index (χ0n) is 18.9. The number of carbonyl (C=O) groups is 1. The van der Waals surface area contributed by atoms with Gasteiger partial charge in [-0.2, -0.15) is 0 Å². The first kappa shape index (κ1) is 22.7. The molecule has 0 unspecified atom stereocenters. The lowest BCUT2D eigenvalue weighted by Gasteiger charge is -2.23. The molecule has 8 nitrogen and oxygen atoms in total. The summed E-state index contributed by atoms with van der Waals surface area (Å²) in [5.41, 5.74) is 5.60. The van der Waals surface area contributed by atoms with Crippen LogP contribution < -0.4 is 15.4 Å². The largest absolute Gasteiger partial charge is 0.488 e. The number of nitrogens with zero attached hydrogens (tertiary/aromatic N) is 1. The Labute approximate surface area is 203 Å². The molecule has 0 aliphatic carbocycles. The Kier molecular flexibility index (Phi) is 6.71. The first-order valence-electron chi connectivity index (χ1n) is 11.5. The summed E-state index contributed by atoms with van der Waals surface area (Å²) in [5, 5.41) is 7.14. The number of rotatable bonds is 7. The van der Waals surface area contributed by atoms with Crippen molar-refractivity contribution in [3.05, 3.63) is 58.5 Å². The lowest BCUT2D eigenvalue weighted by Crippen LogP contribution is -2.33. The molecule has 0 bridgehead atoms. The Balaban J connectivity index is 1.55. The first-order chi connectivity index (χ1) is 16.7. The molecule has 1 amide bonds. The standard InChI is InChI=1S/C25H27ClN4O4/c1-2-16-18(26)4-3-5-19(16)29-24-22-20(7-9-28-25(22)31)30-23(24)17-6-8-27-12-21(17)34-14-15-13-32-10-11-33-15/h3-6,8,12,15,29-30H,2,7,9-11,13-14H2,1H3,(H,28,31)/t15-/m1/s1. The Bertz CT molecular complexity index is 1190. The molecule has 2 aliphatic rings. The number of hydrogen-bond donors (Lipinski definition) is 3. The average Bonchev–Trinajstić information content (AvgIpc) is 3.23. The number of halogens is 1. The summed E-state index contributed by atoms with van der Waals surface area (Å²) in [7, 11) is 0. The van der Waals surface area contributed by atoms with E-state index in [0.717, 1.165) is 34.6 Å². The molecule has 1 fully saturated rings. The molecule has 4 heterocycles. The highest BCUT2D eigenvalue weighted by molar-refractivity contribution is 6.31. The fourth-order valence-electron chi connectivity index (χ4n) is 4.39. The predicted octanol–water partition coefficient (Wildman–Crippen LogP) is 4.12. The number of benzene rings is 1. The van der Waals surface area contributed by atoms with E-state index in [2.05, 4.69) is 27.5 Å². The summed E-state index contributed by atoms with van der Waals surface area (Å²) < 4.78 is 17.3. The van der Waals surface area contributed by atoms with Crippen LogP contribution in [0.5, 0.6) is 5.75 Å². The van der Waals surface area contributed by atoms with Crippen molar-refractivity contribution in [1.29, 1.82) is 0 Å². The van der Waals surface area contributed by atoms with E-state index in [1.807, 2.05) is 24.3 Å². The molecule has 0 saturated carbocycles. The van der Waals surface area contributed by atoms with Gasteiger partial charge in [0.25, 0.3) is 5.91 Å². The monoisotopic (exact) mass is 482 g/mol. The summed E-state index contributed by atoms with van der Waals surface area (Å²) in [5.74, 6) is 0.483. The Morgan fingerprint density at radius 2 is 2.21 bits per heavy atom. The van der Waals surface area contributed by atoms with Crippen LogP contribution in [0.15, 0.2) is 36.7 Å². The molecule has 9 heteroatoms. The van der Waals surface area contributed by atoms with Gasteiger partial charge in [-0.05, 0) is 30.2 Å². The SMILES string of the molecule is CCc1c(Cl)cccc1Nc1c(-c2ccncc2OC[C@H]2COCCO2)[nH]c2c1C(=O)NCC2. The summed E-state index contributed by atoms with van der Waals surface area (Å²) in [6.45, 7) is 4.63. The first-order valence-corrected chi connectivity index (χ1v) is 11.9. The number of aromatic nitrogens is 2. The van der Waals surface area contributed by atoms with E-state index in [1.165, 1.54) is 0 Å². The van der Waals surface area contributed by atoms with E-state index in [1.54, 1.807) is 12.4 Å². The molecular weight excluding hydrogens is 456 g/mol. The highest BCUT2D eigenvalue weighted by atomic mass is 35.5. The number of H-pyrrole nitrogens is 1. The van der Waals surface area contributed by atoms with E-state index < -0.39 is 0 Å². The van der Waals surface area contributed by atoms with Crippen molar-refractivity contribution in [3.8, 4) is 17.0 Å². The zero-order valence-corrected chi connectivity index (χ0v) is 19.7. The molecule has 0 radical (unpaired) electrons. The number of nitrogens with one attached hydrogen (secondary N) is 3. The lowest BCUT2D eigenvalue weighted by molar-refractivity contribution is -0.101. The van der Waals surface area contributed by atoms with Gasteiger partial charge in [0.15, 0.2) is 0 Å². The highest BCUT2D eigenvalue weighted by Crippen LogP contribution is 2.41. The van der Waals surface area contributed by atoms with Gasteiger partial charge in [-0.25, -0.2) is 0 Å². The van der Waals surface area contributed by atoms with Crippen molar-refractivity contribution in [1.82, 2.24) is 15.3 Å². The van der Waals surface area contributed by atoms with Crippen LogP contribution in [0.3, 0.4) is 0 Å². The van der Waals surface area contributed by atoms with E-state index in [4.69, 9.17) is 25.8 Å². The predicted molar refractivity (Wildman–Crippen MR) is 130 cm³/mol. The van der Waals surface area contributed by atoms with Crippen LogP contribution in [0, 0.1) is 0 Å². The van der Waals surface area contributed by atoms with Gasteiger partial charge in [-0.1, -0.05) is 24.6 Å². The third-order valence-corrected chi connectivity index (χ3v) is 6.42. The summed E-state index contributed by atoms with van der Waals surface area (Å²) in [4.78, 5) is 20.6. The Hall–Kier alpha value is -3.07. The van der Waals surface area contributed by atoms with Gasteiger partial charge in [0, 0.05) is 41.1 Å². The number of hydrogen-bond acceptors (Lipinski definition) is 6. The molecule has 3 N–H and O–H groups in total. The number of amides is 1. The highest BCUT2D eigenvalue weighted by Gasteiger charge is 2.29. The smallest absolute Gasteiger partial charge is 0.255 e. The van der Waals surface area contributed by atoms with Gasteiger partial charge in [0.2, 0.25) is 0 Å². The second kappa shape index (κ2) is 10.0. The minimum absolute atomic E-state index is 0.115. The van der Waals surface area contributed by atoms with Crippen molar-refractivity contribution >= 4 is 28.9 Å². The quantitative estimate of drug-likeness (QED) is 0.468. The summed E-state index contributed by atoms with van der Waals surface area (Å²) in [6.07, 6.45) is 4.72. The molecule has 2 aliphatic heterocycles. The van der Waals surface area contributed by atoms with Crippen LogP contribution in [0.1, 0.15) is 28.5 Å². The van der Waals surface area contributed by atoms with E-state index >= 15 is 0 Å². The van der Waals surface area contributed by atoms with Gasteiger partial charge < -0.3 is 29.8 Å². The molecule has 0 spiro atoms. The molecule has 3 aromatic rings. The molecule has 2 aromatic heterocycles. The topological polar surface area (TPSA) is 97.5 Å². The minimum atomic E-state index is -0.138. The maximum Gasteiger partial charge on any atom is 0.255 e. The van der Waals surface area contributed by atoms with Crippen molar-refractivity contribution in [2.24, 2.45) is 0 Å². The number of pyridine rings is 1. The van der Waals surface area contributed by atoms with Crippen molar-refractivity contribution in [2.75, 3.05) is 38.3 Å². The summed E-state index contributed by atoms with van der Waals surface area (Å²) >= 11 is 6.46. The number of ether oxygens (including phenoxy) is 3. The molecule has 1 saturated heterocycles. The lowest BCUT2D eigenvalue weighted by atomic mass is 10.0. The normalized spacial score (nSPS) is 17.7. The number of aromatic amines is 1. The fourth-order valence-corrected chi connectivity index (χ4v) is 4.70. The molecule has 1 aromatic carbocycles. The fraction of sp³-hybridized carbons (Fsp3) is 0.360. The van der Waals surface area contributed by atoms with Crippen LogP contribution in [0.2, 0.25) is 5.02 Å². The minimum Gasteiger partial charge on any atom is -0.488 e.